The SMILES string of the molecule is CCCc1c(CN(CC)CC2CCCCC2)sc(NC(=O)Nc2ccc(Cl)cc2)c1C(N)=O. The van der Waals surface area contributed by atoms with Crippen molar-refractivity contribution >= 4 is 45.6 Å². The van der Waals surface area contributed by atoms with E-state index in [0.717, 1.165) is 48.8 Å². The van der Waals surface area contributed by atoms with E-state index in [1.807, 2.05) is 0 Å². The van der Waals surface area contributed by atoms with Crippen LogP contribution in [0, 0.1) is 5.92 Å². The lowest BCUT2D eigenvalue weighted by Gasteiger charge is -2.29. The van der Waals surface area contributed by atoms with Gasteiger partial charge in [-0.15, -0.1) is 11.3 Å². The second-order valence-electron chi connectivity index (χ2n) is 8.74. The van der Waals surface area contributed by atoms with Gasteiger partial charge in [0.2, 0.25) is 0 Å². The number of urea groups is 1. The number of nitrogens with two attached hydrogens (primary N) is 1. The summed E-state index contributed by atoms with van der Waals surface area (Å²) < 4.78 is 0. The van der Waals surface area contributed by atoms with Crippen LogP contribution in [0.15, 0.2) is 24.3 Å². The quantitative estimate of drug-likeness (QED) is 0.355. The van der Waals surface area contributed by atoms with Gasteiger partial charge in [-0.2, -0.15) is 0 Å². The van der Waals surface area contributed by atoms with Gasteiger partial charge < -0.3 is 11.1 Å². The average Bonchev–Trinajstić information content (AvgIpc) is 3.12. The normalized spacial score (nSPS) is 14.4. The lowest BCUT2D eigenvalue weighted by atomic mass is 9.89. The summed E-state index contributed by atoms with van der Waals surface area (Å²) in [4.78, 5) is 28.6. The van der Waals surface area contributed by atoms with Crippen molar-refractivity contribution in [2.45, 2.75) is 65.3 Å². The number of nitrogens with one attached hydrogen (secondary N) is 2. The van der Waals surface area contributed by atoms with Crippen LogP contribution < -0.4 is 16.4 Å². The first-order valence-electron chi connectivity index (χ1n) is 11.9. The number of carbonyl (C=O) groups excluding carboxylic acids is 2. The molecule has 180 valence electrons. The molecule has 0 unspecified atom stereocenters. The molecule has 3 rings (SSSR count). The van der Waals surface area contributed by atoms with Crippen LogP contribution in [0.5, 0.6) is 0 Å². The number of hydrogen-bond acceptors (Lipinski definition) is 4. The molecule has 1 fully saturated rings. The van der Waals surface area contributed by atoms with Crippen molar-refractivity contribution in [1.29, 1.82) is 0 Å². The van der Waals surface area contributed by atoms with Gasteiger partial charge in [-0.05, 0) is 61.6 Å². The number of rotatable bonds is 10. The van der Waals surface area contributed by atoms with E-state index < -0.39 is 11.9 Å². The average molecular weight is 491 g/mol. The maximum Gasteiger partial charge on any atom is 0.324 e. The van der Waals surface area contributed by atoms with Crippen LogP contribution in [0.3, 0.4) is 0 Å². The van der Waals surface area contributed by atoms with E-state index in [1.54, 1.807) is 24.3 Å². The number of hydrogen-bond donors (Lipinski definition) is 3. The molecule has 0 bridgehead atoms. The molecule has 0 aliphatic heterocycles. The Morgan fingerprint density at radius 1 is 1.12 bits per heavy atom. The van der Waals surface area contributed by atoms with E-state index >= 15 is 0 Å². The number of anilines is 2. The summed E-state index contributed by atoms with van der Waals surface area (Å²) >= 11 is 7.38. The Morgan fingerprint density at radius 3 is 2.42 bits per heavy atom. The lowest BCUT2D eigenvalue weighted by Crippen LogP contribution is -2.30. The molecule has 0 spiro atoms. The highest BCUT2D eigenvalue weighted by Crippen LogP contribution is 2.36. The topological polar surface area (TPSA) is 87.5 Å². The number of carbonyl (C=O) groups is 2. The van der Waals surface area contributed by atoms with Gasteiger partial charge in [0.1, 0.15) is 5.00 Å². The number of nitrogens with zero attached hydrogens (tertiary/aromatic N) is 1. The molecule has 1 aliphatic carbocycles. The zero-order chi connectivity index (χ0) is 23.8. The minimum Gasteiger partial charge on any atom is -0.365 e. The van der Waals surface area contributed by atoms with E-state index in [2.05, 4.69) is 29.4 Å². The molecular formula is C25H35ClN4O2S. The van der Waals surface area contributed by atoms with Gasteiger partial charge in [0.25, 0.3) is 5.91 Å². The Hall–Kier alpha value is -2.09. The molecule has 1 heterocycles. The Bertz CT molecular complexity index is 939. The van der Waals surface area contributed by atoms with Gasteiger partial charge in [0.15, 0.2) is 0 Å². The molecule has 1 aromatic carbocycles. The Kier molecular flexibility index (Phi) is 9.59. The largest absolute Gasteiger partial charge is 0.365 e. The van der Waals surface area contributed by atoms with Crippen LogP contribution in [0.1, 0.15) is 73.2 Å². The van der Waals surface area contributed by atoms with Gasteiger partial charge in [-0.25, -0.2) is 4.79 Å². The van der Waals surface area contributed by atoms with Gasteiger partial charge in [-0.1, -0.05) is 51.1 Å². The third kappa shape index (κ3) is 7.19. The molecule has 0 saturated heterocycles. The number of benzene rings is 1. The number of primary amides is 1. The van der Waals surface area contributed by atoms with Crippen molar-refractivity contribution in [1.82, 2.24) is 4.90 Å². The molecule has 8 heteroatoms. The summed E-state index contributed by atoms with van der Waals surface area (Å²) in [6.45, 7) is 7.07. The minimum absolute atomic E-state index is 0.412. The van der Waals surface area contributed by atoms with Crippen LogP contribution >= 0.6 is 22.9 Å². The van der Waals surface area contributed by atoms with Crippen molar-refractivity contribution in [2.75, 3.05) is 23.7 Å². The van der Waals surface area contributed by atoms with E-state index in [4.69, 9.17) is 17.3 Å². The summed E-state index contributed by atoms with van der Waals surface area (Å²) in [5, 5.41) is 6.76. The van der Waals surface area contributed by atoms with Crippen molar-refractivity contribution < 1.29 is 9.59 Å². The zero-order valence-corrected chi connectivity index (χ0v) is 21.2. The number of halogens is 1. The molecular weight excluding hydrogens is 456 g/mol. The van der Waals surface area contributed by atoms with E-state index in [-0.39, 0.29) is 0 Å². The summed E-state index contributed by atoms with van der Waals surface area (Å²) in [5.41, 5.74) is 7.82. The summed E-state index contributed by atoms with van der Waals surface area (Å²) in [5.74, 6) is 0.240. The monoisotopic (exact) mass is 490 g/mol. The Balaban J connectivity index is 1.79. The first-order valence-corrected chi connectivity index (χ1v) is 13.1. The molecule has 33 heavy (non-hydrogen) atoms. The molecule has 1 aliphatic rings. The standard InChI is InChI=1S/C25H35ClN4O2S/c1-3-8-20-21(16-30(4-2)15-17-9-6-5-7-10-17)33-24(22(20)23(27)31)29-25(32)28-19-13-11-18(26)12-14-19/h11-14,17H,3-10,15-16H2,1-2H3,(H2,27,31)(H2,28,29,32). The summed E-state index contributed by atoms with van der Waals surface area (Å²) in [6, 6.07) is 6.46. The van der Waals surface area contributed by atoms with E-state index in [1.165, 1.54) is 43.4 Å². The highest BCUT2D eigenvalue weighted by atomic mass is 35.5. The third-order valence-corrected chi connectivity index (χ3v) is 7.61. The molecule has 0 atom stereocenters. The predicted molar refractivity (Wildman–Crippen MR) is 138 cm³/mol. The first-order chi connectivity index (χ1) is 15.9. The molecule has 6 nitrogen and oxygen atoms in total. The fraction of sp³-hybridized carbons (Fsp3) is 0.520. The van der Waals surface area contributed by atoms with Crippen LogP contribution in [-0.4, -0.2) is 29.9 Å². The Morgan fingerprint density at radius 2 is 1.82 bits per heavy atom. The predicted octanol–water partition coefficient (Wildman–Crippen LogP) is 6.50. The second-order valence-corrected chi connectivity index (χ2v) is 10.3. The molecule has 1 aromatic heterocycles. The van der Waals surface area contributed by atoms with Crippen molar-refractivity contribution in [2.24, 2.45) is 11.7 Å². The fourth-order valence-electron chi connectivity index (χ4n) is 4.55. The fourth-order valence-corrected chi connectivity index (χ4v) is 5.96. The molecule has 3 amide bonds. The third-order valence-electron chi connectivity index (χ3n) is 6.22. The maximum absolute atomic E-state index is 12.7. The van der Waals surface area contributed by atoms with E-state index in [9.17, 15) is 9.59 Å². The molecule has 2 aromatic rings. The highest BCUT2D eigenvalue weighted by Gasteiger charge is 2.25. The Labute approximate surface area is 205 Å². The van der Waals surface area contributed by atoms with Gasteiger partial charge >= 0.3 is 6.03 Å². The second kappa shape index (κ2) is 12.4. The zero-order valence-electron chi connectivity index (χ0n) is 19.6. The number of thiophene rings is 1. The number of amides is 3. The first kappa shape index (κ1) is 25.5. The van der Waals surface area contributed by atoms with Gasteiger partial charge in [-0.3, -0.25) is 15.0 Å². The molecule has 1 saturated carbocycles. The van der Waals surface area contributed by atoms with Crippen molar-refractivity contribution in [3.05, 3.63) is 45.3 Å². The van der Waals surface area contributed by atoms with Crippen molar-refractivity contribution in [3.63, 3.8) is 0 Å². The maximum atomic E-state index is 12.7. The van der Waals surface area contributed by atoms with Crippen LogP contribution in [-0.2, 0) is 13.0 Å². The molecule has 0 radical (unpaired) electrons. The van der Waals surface area contributed by atoms with Gasteiger partial charge in [0, 0.05) is 28.7 Å². The molecule has 4 N–H and O–H groups in total. The van der Waals surface area contributed by atoms with E-state index in [0.29, 0.717) is 21.3 Å². The summed E-state index contributed by atoms with van der Waals surface area (Å²) in [6.07, 6.45) is 8.25. The van der Waals surface area contributed by atoms with Crippen LogP contribution in [0.25, 0.3) is 0 Å². The van der Waals surface area contributed by atoms with Crippen LogP contribution in [0.2, 0.25) is 5.02 Å². The summed E-state index contributed by atoms with van der Waals surface area (Å²) in [7, 11) is 0. The van der Waals surface area contributed by atoms with Gasteiger partial charge in [0.05, 0.1) is 5.56 Å². The minimum atomic E-state index is -0.502. The van der Waals surface area contributed by atoms with Crippen LogP contribution in [0.4, 0.5) is 15.5 Å². The highest BCUT2D eigenvalue weighted by molar-refractivity contribution is 7.17. The smallest absolute Gasteiger partial charge is 0.324 e. The van der Waals surface area contributed by atoms with Crippen molar-refractivity contribution in [3.8, 4) is 0 Å². The lowest BCUT2D eigenvalue weighted by molar-refractivity contribution is 0.100.